The largest absolute Gasteiger partial charge is 0.461 e. The summed E-state index contributed by atoms with van der Waals surface area (Å²) in [5.74, 6) is 0.128. The van der Waals surface area contributed by atoms with Crippen molar-refractivity contribution in [1.82, 2.24) is 9.88 Å². The maximum absolute atomic E-state index is 12.8. The Morgan fingerprint density at radius 1 is 1.48 bits per heavy atom. The molecule has 0 bridgehead atoms. The molecule has 0 spiro atoms. The molecule has 1 saturated heterocycles. The first-order chi connectivity index (χ1) is 11.2. The Morgan fingerprint density at radius 3 is 3.09 bits per heavy atom. The molecule has 3 heterocycles. The monoisotopic (exact) mass is 334 g/mol. The van der Waals surface area contributed by atoms with Crippen molar-refractivity contribution in [3.8, 4) is 0 Å². The number of aromatic nitrogens is 1. The summed E-state index contributed by atoms with van der Waals surface area (Å²) in [7, 11) is 0. The van der Waals surface area contributed by atoms with Gasteiger partial charge in [0.2, 0.25) is 0 Å². The Labute approximate surface area is 138 Å². The van der Waals surface area contributed by atoms with Gasteiger partial charge in [0.15, 0.2) is 11.5 Å². The summed E-state index contributed by atoms with van der Waals surface area (Å²) in [5.41, 5.74) is 2.50. The van der Waals surface area contributed by atoms with Crippen molar-refractivity contribution < 1.29 is 18.7 Å². The molecule has 6 nitrogen and oxygen atoms in total. The normalized spacial score (nSPS) is 18.1. The summed E-state index contributed by atoms with van der Waals surface area (Å²) in [6.07, 6.45) is 2.38. The van der Waals surface area contributed by atoms with Gasteiger partial charge >= 0.3 is 0 Å². The molecular weight excluding hydrogens is 316 g/mol. The number of thiazole rings is 1. The number of hydrogen-bond acceptors (Lipinski definition) is 6. The lowest BCUT2D eigenvalue weighted by atomic mass is 10.1. The Hall–Kier alpha value is -1.99. The van der Waals surface area contributed by atoms with Crippen LogP contribution in [0.3, 0.4) is 0 Å². The molecular formula is C16H18N2O4S. The third-order valence-electron chi connectivity index (χ3n) is 3.88. The minimum Gasteiger partial charge on any atom is -0.461 e. The molecule has 23 heavy (non-hydrogen) atoms. The predicted molar refractivity (Wildman–Crippen MR) is 84.8 cm³/mol. The zero-order valence-corrected chi connectivity index (χ0v) is 13.7. The lowest BCUT2D eigenvalue weighted by Crippen LogP contribution is -2.49. The number of aryl methyl sites for hydroxylation is 1. The highest BCUT2D eigenvalue weighted by atomic mass is 32.1. The molecule has 1 aliphatic rings. The maximum atomic E-state index is 12.8. The molecule has 1 atom stereocenters. The average Bonchev–Trinajstić information content (AvgIpc) is 3.26. The number of nitrogens with zero attached hydrogens (tertiary/aromatic N) is 2. The van der Waals surface area contributed by atoms with E-state index in [1.807, 2.05) is 6.92 Å². The van der Waals surface area contributed by atoms with Crippen LogP contribution in [0.1, 0.15) is 39.3 Å². The van der Waals surface area contributed by atoms with E-state index < -0.39 is 0 Å². The van der Waals surface area contributed by atoms with E-state index in [1.54, 1.807) is 22.5 Å². The quantitative estimate of drug-likeness (QED) is 0.785. The topological polar surface area (TPSA) is 72.6 Å². The van der Waals surface area contributed by atoms with Gasteiger partial charge in [0.25, 0.3) is 5.91 Å². The molecule has 1 amide bonds. The molecule has 2 aromatic rings. The fourth-order valence-corrected chi connectivity index (χ4v) is 3.51. The number of ketones is 1. The Kier molecular flexibility index (Phi) is 4.88. The lowest BCUT2D eigenvalue weighted by Gasteiger charge is -2.35. The Morgan fingerprint density at radius 2 is 2.35 bits per heavy atom. The molecule has 0 radical (unpaired) electrons. The van der Waals surface area contributed by atoms with E-state index >= 15 is 0 Å². The SMILES string of the molecule is CCc1ncsc1C(=O)N1CCOCC1CC(=O)c1ccco1. The molecule has 0 saturated carbocycles. The van der Waals surface area contributed by atoms with Crippen LogP contribution in [-0.4, -0.2) is 47.4 Å². The second kappa shape index (κ2) is 7.06. The number of furan rings is 1. The summed E-state index contributed by atoms with van der Waals surface area (Å²) in [6.45, 7) is 3.30. The van der Waals surface area contributed by atoms with Crippen LogP contribution >= 0.6 is 11.3 Å². The molecule has 3 rings (SSSR count). The van der Waals surface area contributed by atoms with Crippen LogP contribution in [-0.2, 0) is 11.2 Å². The molecule has 122 valence electrons. The molecule has 0 aromatic carbocycles. The van der Waals surface area contributed by atoms with Crippen LogP contribution in [0.4, 0.5) is 0 Å². The summed E-state index contributed by atoms with van der Waals surface area (Å²) in [4.78, 5) is 31.7. The lowest BCUT2D eigenvalue weighted by molar-refractivity contribution is -0.00284. The van der Waals surface area contributed by atoms with Crippen LogP contribution in [0.5, 0.6) is 0 Å². The number of amides is 1. The van der Waals surface area contributed by atoms with E-state index in [2.05, 4.69) is 4.98 Å². The fraction of sp³-hybridized carbons (Fsp3) is 0.438. The van der Waals surface area contributed by atoms with Crippen molar-refractivity contribution >= 4 is 23.0 Å². The molecule has 7 heteroatoms. The van der Waals surface area contributed by atoms with Crippen molar-refractivity contribution in [3.63, 3.8) is 0 Å². The maximum Gasteiger partial charge on any atom is 0.266 e. The van der Waals surface area contributed by atoms with Crippen LogP contribution in [0.2, 0.25) is 0 Å². The van der Waals surface area contributed by atoms with Gasteiger partial charge in [-0.1, -0.05) is 6.92 Å². The summed E-state index contributed by atoms with van der Waals surface area (Å²) < 4.78 is 10.6. The van der Waals surface area contributed by atoms with Gasteiger partial charge in [-0.05, 0) is 18.6 Å². The van der Waals surface area contributed by atoms with Gasteiger partial charge in [-0.2, -0.15) is 0 Å². The van der Waals surface area contributed by atoms with Crippen molar-refractivity contribution in [3.05, 3.63) is 40.2 Å². The van der Waals surface area contributed by atoms with Gasteiger partial charge in [-0.25, -0.2) is 4.98 Å². The number of morpholine rings is 1. The number of carbonyl (C=O) groups excluding carboxylic acids is 2. The molecule has 0 N–H and O–H groups in total. The Balaban J connectivity index is 1.76. The third-order valence-corrected chi connectivity index (χ3v) is 4.73. The van der Waals surface area contributed by atoms with E-state index in [9.17, 15) is 9.59 Å². The number of Topliss-reactive ketones (excluding diaryl/α,β-unsaturated/α-hetero) is 1. The minimum atomic E-state index is -0.277. The van der Waals surface area contributed by atoms with Crippen LogP contribution in [0.15, 0.2) is 28.3 Å². The zero-order valence-electron chi connectivity index (χ0n) is 12.9. The summed E-state index contributed by atoms with van der Waals surface area (Å²) in [6, 6.07) is 3.04. The number of hydrogen-bond donors (Lipinski definition) is 0. The van der Waals surface area contributed by atoms with Crippen LogP contribution in [0.25, 0.3) is 0 Å². The van der Waals surface area contributed by atoms with Crippen molar-refractivity contribution in [1.29, 1.82) is 0 Å². The van der Waals surface area contributed by atoms with Gasteiger partial charge in [0, 0.05) is 13.0 Å². The summed E-state index contributed by atoms with van der Waals surface area (Å²) in [5, 5.41) is 0. The molecule has 2 aromatic heterocycles. The van der Waals surface area contributed by atoms with Crippen LogP contribution < -0.4 is 0 Å². The molecule has 1 fully saturated rings. The first-order valence-electron chi connectivity index (χ1n) is 7.58. The van der Waals surface area contributed by atoms with Gasteiger partial charge < -0.3 is 14.1 Å². The van der Waals surface area contributed by atoms with E-state index in [0.29, 0.717) is 36.8 Å². The number of carbonyl (C=O) groups is 2. The average molecular weight is 334 g/mol. The predicted octanol–water partition coefficient (Wildman–Crippen LogP) is 2.41. The first-order valence-corrected chi connectivity index (χ1v) is 8.46. The smallest absolute Gasteiger partial charge is 0.266 e. The van der Waals surface area contributed by atoms with Crippen molar-refractivity contribution in [2.75, 3.05) is 19.8 Å². The Bertz CT molecular complexity index is 680. The van der Waals surface area contributed by atoms with Gasteiger partial charge in [0.1, 0.15) is 4.88 Å². The van der Waals surface area contributed by atoms with Crippen molar-refractivity contribution in [2.45, 2.75) is 25.8 Å². The number of ether oxygens (including phenoxy) is 1. The van der Waals surface area contributed by atoms with E-state index in [4.69, 9.17) is 9.15 Å². The van der Waals surface area contributed by atoms with Gasteiger partial charge in [0.05, 0.1) is 36.7 Å². The minimum absolute atomic E-state index is 0.0649. The fourth-order valence-electron chi connectivity index (χ4n) is 2.67. The van der Waals surface area contributed by atoms with E-state index in [0.717, 1.165) is 5.69 Å². The van der Waals surface area contributed by atoms with E-state index in [1.165, 1.54) is 17.6 Å². The highest BCUT2D eigenvalue weighted by molar-refractivity contribution is 7.11. The highest BCUT2D eigenvalue weighted by Gasteiger charge is 2.32. The standard InChI is InChI=1S/C16H18N2O4S/c1-2-12-15(23-10-17-12)16(20)18-5-7-21-9-11(18)8-13(19)14-4-3-6-22-14/h3-4,6,10-11H,2,5,7-9H2,1H3. The third kappa shape index (κ3) is 3.35. The second-order valence-electron chi connectivity index (χ2n) is 5.31. The van der Waals surface area contributed by atoms with Crippen LogP contribution in [0, 0.1) is 0 Å². The van der Waals surface area contributed by atoms with Gasteiger partial charge in [-0.3, -0.25) is 9.59 Å². The van der Waals surface area contributed by atoms with E-state index in [-0.39, 0.29) is 24.2 Å². The second-order valence-corrected chi connectivity index (χ2v) is 6.17. The summed E-state index contributed by atoms with van der Waals surface area (Å²) >= 11 is 1.35. The molecule has 1 unspecified atom stereocenters. The number of rotatable bonds is 5. The van der Waals surface area contributed by atoms with Gasteiger partial charge in [-0.15, -0.1) is 11.3 Å². The molecule has 1 aliphatic heterocycles. The zero-order chi connectivity index (χ0) is 16.2. The first kappa shape index (κ1) is 15.9. The molecule has 0 aliphatic carbocycles. The van der Waals surface area contributed by atoms with Crippen molar-refractivity contribution in [2.24, 2.45) is 0 Å². The highest BCUT2D eigenvalue weighted by Crippen LogP contribution is 2.22.